The highest BCUT2D eigenvalue weighted by atomic mass is 32.2. The van der Waals surface area contributed by atoms with Crippen molar-refractivity contribution >= 4 is 10.0 Å². The number of nitrogens with one attached hydrogen (secondary N) is 1. The van der Waals surface area contributed by atoms with Crippen molar-refractivity contribution in [2.75, 3.05) is 19.6 Å². The molecule has 19 heavy (non-hydrogen) atoms. The second kappa shape index (κ2) is 5.37. The minimum atomic E-state index is -3.69. The van der Waals surface area contributed by atoms with Gasteiger partial charge in [0.25, 0.3) is 0 Å². The van der Waals surface area contributed by atoms with E-state index >= 15 is 0 Å². The van der Waals surface area contributed by atoms with Crippen LogP contribution in [0.15, 0.2) is 29.2 Å². The molecule has 0 radical (unpaired) electrons. The zero-order chi connectivity index (χ0) is 13.9. The van der Waals surface area contributed by atoms with Gasteiger partial charge in [-0.2, -0.15) is 14.8 Å². The summed E-state index contributed by atoms with van der Waals surface area (Å²) in [5.41, 5.74) is 0.399. The first kappa shape index (κ1) is 13.5. The highest BCUT2D eigenvalue weighted by Gasteiger charge is 2.33. The Bertz CT molecular complexity index is 640. The number of hydrogen-bond acceptors (Lipinski definition) is 5. The number of hydrogen-bond donors (Lipinski definition) is 1. The maximum absolute atomic E-state index is 12.4. The number of benzene rings is 1. The summed E-state index contributed by atoms with van der Waals surface area (Å²) in [6.45, 7) is 1.11. The van der Waals surface area contributed by atoms with Gasteiger partial charge in [0.2, 0.25) is 10.0 Å². The first-order valence-corrected chi connectivity index (χ1v) is 7.16. The van der Waals surface area contributed by atoms with Gasteiger partial charge in [-0.25, -0.2) is 8.42 Å². The van der Waals surface area contributed by atoms with Gasteiger partial charge in [0.15, 0.2) is 0 Å². The van der Waals surface area contributed by atoms with Crippen molar-refractivity contribution in [2.24, 2.45) is 0 Å². The summed E-state index contributed by atoms with van der Waals surface area (Å²) in [4.78, 5) is 0.105. The monoisotopic (exact) mass is 276 g/mol. The van der Waals surface area contributed by atoms with E-state index in [1.807, 2.05) is 12.1 Å². The number of rotatable bonds is 2. The fourth-order valence-electron chi connectivity index (χ4n) is 1.92. The van der Waals surface area contributed by atoms with Crippen LogP contribution in [0.25, 0.3) is 0 Å². The van der Waals surface area contributed by atoms with Crippen molar-refractivity contribution in [1.29, 1.82) is 10.5 Å². The van der Waals surface area contributed by atoms with E-state index in [0.29, 0.717) is 18.7 Å². The zero-order valence-electron chi connectivity index (χ0n) is 10.1. The summed E-state index contributed by atoms with van der Waals surface area (Å²) < 4.78 is 26.0. The summed E-state index contributed by atoms with van der Waals surface area (Å²) in [6, 6.07) is 8.92. The van der Waals surface area contributed by atoms with E-state index in [4.69, 9.17) is 10.5 Å². The van der Waals surface area contributed by atoms with Crippen LogP contribution in [0, 0.1) is 22.7 Å². The first-order valence-electron chi connectivity index (χ1n) is 5.72. The van der Waals surface area contributed by atoms with Gasteiger partial charge >= 0.3 is 0 Å². The Morgan fingerprint density at radius 1 is 1.26 bits per heavy atom. The summed E-state index contributed by atoms with van der Waals surface area (Å²) in [7, 11) is -3.69. The lowest BCUT2D eigenvalue weighted by molar-refractivity contribution is 0.312. The van der Waals surface area contributed by atoms with E-state index in [2.05, 4.69) is 5.32 Å². The average molecular weight is 276 g/mol. The molecule has 1 aromatic rings. The van der Waals surface area contributed by atoms with Crippen LogP contribution < -0.4 is 5.32 Å². The molecule has 0 aliphatic carbocycles. The SMILES string of the molecule is N#Cc1ccc(S(=O)(=O)N2CCNCC2C#N)cc1. The normalized spacial score (nSPS) is 20.4. The van der Waals surface area contributed by atoms with E-state index < -0.39 is 16.1 Å². The maximum Gasteiger partial charge on any atom is 0.244 e. The molecule has 1 fully saturated rings. The molecule has 0 spiro atoms. The van der Waals surface area contributed by atoms with Crippen molar-refractivity contribution in [3.8, 4) is 12.1 Å². The highest BCUT2D eigenvalue weighted by molar-refractivity contribution is 7.89. The van der Waals surface area contributed by atoms with E-state index in [1.54, 1.807) is 0 Å². The molecule has 1 N–H and O–H groups in total. The van der Waals surface area contributed by atoms with Crippen LogP contribution >= 0.6 is 0 Å². The topological polar surface area (TPSA) is 97.0 Å². The maximum atomic E-state index is 12.4. The molecule has 1 heterocycles. The van der Waals surface area contributed by atoms with Gasteiger partial charge in [0.1, 0.15) is 6.04 Å². The van der Waals surface area contributed by atoms with Gasteiger partial charge in [-0.1, -0.05) is 0 Å². The second-order valence-electron chi connectivity index (χ2n) is 4.10. The van der Waals surface area contributed by atoms with E-state index in [1.165, 1.54) is 28.6 Å². The van der Waals surface area contributed by atoms with Crippen molar-refractivity contribution in [1.82, 2.24) is 9.62 Å². The first-order chi connectivity index (χ1) is 9.09. The number of piperazine rings is 1. The zero-order valence-corrected chi connectivity index (χ0v) is 10.9. The predicted molar refractivity (Wildman–Crippen MR) is 67.3 cm³/mol. The third-order valence-corrected chi connectivity index (χ3v) is 4.86. The highest BCUT2D eigenvalue weighted by Crippen LogP contribution is 2.19. The Hall–Kier alpha value is -1.93. The molecular formula is C12H12N4O2S. The van der Waals surface area contributed by atoms with E-state index in [-0.39, 0.29) is 11.4 Å². The number of nitriles is 2. The lowest BCUT2D eigenvalue weighted by Gasteiger charge is -2.30. The molecule has 6 nitrogen and oxygen atoms in total. The summed E-state index contributed by atoms with van der Waals surface area (Å²) in [5.74, 6) is 0. The van der Waals surface area contributed by atoms with Gasteiger partial charge in [-0.05, 0) is 24.3 Å². The van der Waals surface area contributed by atoms with Crippen molar-refractivity contribution in [3.63, 3.8) is 0 Å². The molecule has 0 amide bonds. The van der Waals surface area contributed by atoms with Crippen LogP contribution in [0.2, 0.25) is 0 Å². The van der Waals surface area contributed by atoms with Crippen LogP contribution in [0.5, 0.6) is 0 Å². The largest absolute Gasteiger partial charge is 0.313 e. The summed E-state index contributed by atoms with van der Waals surface area (Å²) in [6.07, 6.45) is 0. The molecule has 0 saturated carbocycles. The molecule has 1 atom stereocenters. The number of nitrogens with zero attached hydrogens (tertiary/aromatic N) is 3. The Morgan fingerprint density at radius 3 is 2.53 bits per heavy atom. The Kier molecular flexibility index (Phi) is 3.82. The fourth-order valence-corrected chi connectivity index (χ4v) is 3.46. The molecule has 98 valence electrons. The minimum absolute atomic E-state index is 0.105. The molecule has 1 saturated heterocycles. The molecule has 1 unspecified atom stereocenters. The third-order valence-electron chi connectivity index (χ3n) is 2.93. The molecular weight excluding hydrogens is 264 g/mol. The second-order valence-corrected chi connectivity index (χ2v) is 5.99. The van der Waals surface area contributed by atoms with Crippen LogP contribution in [0.1, 0.15) is 5.56 Å². The molecule has 7 heteroatoms. The Morgan fingerprint density at radius 2 is 1.95 bits per heavy atom. The fraction of sp³-hybridized carbons (Fsp3) is 0.333. The molecule has 0 bridgehead atoms. The lowest BCUT2D eigenvalue weighted by atomic mass is 10.2. The number of sulfonamides is 1. The van der Waals surface area contributed by atoms with Crippen LogP contribution in [0.4, 0.5) is 0 Å². The van der Waals surface area contributed by atoms with Gasteiger partial charge in [-0.3, -0.25) is 0 Å². The lowest BCUT2D eigenvalue weighted by Crippen LogP contribution is -2.52. The van der Waals surface area contributed by atoms with Crippen LogP contribution in [0.3, 0.4) is 0 Å². The van der Waals surface area contributed by atoms with Gasteiger partial charge in [0, 0.05) is 19.6 Å². The molecule has 1 aliphatic rings. The third kappa shape index (κ3) is 2.59. The average Bonchev–Trinajstić information content (AvgIpc) is 2.47. The molecule has 1 aliphatic heterocycles. The van der Waals surface area contributed by atoms with Crippen molar-refractivity contribution < 1.29 is 8.42 Å². The van der Waals surface area contributed by atoms with Crippen molar-refractivity contribution in [3.05, 3.63) is 29.8 Å². The van der Waals surface area contributed by atoms with Gasteiger partial charge in [0.05, 0.1) is 22.6 Å². The summed E-state index contributed by atoms with van der Waals surface area (Å²) >= 11 is 0. The van der Waals surface area contributed by atoms with Gasteiger partial charge < -0.3 is 5.32 Å². The summed E-state index contributed by atoms with van der Waals surface area (Å²) in [5, 5.41) is 20.7. The standard InChI is InChI=1S/C12H12N4O2S/c13-7-10-1-3-12(4-2-10)19(17,18)16-6-5-15-9-11(16)8-14/h1-4,11,15H,5-6,9H2. The Balaban J connectivity index is 2.35. The van der Waals surface area contributed by atoms with Crippen molar-refractivity contribution in [2.45, 2.75) is 10.9 Å². The Labute approximate surface area is 111 Å². The quantitative estimate of drug-likeness (QED) is 0.822. The van der Waals surface area contributed by atoms with E-state index in [9.17, 15) is 8.42 Å². The molecule has 0 aromatic heterocycles. The van der Waals surface area contributed by atoms with Crippen LogP contribution in [-0.2, 0) is 10.0 Å². The van der Waals surface area contributed by atoms with Crippen LogP contribution in [-0.4, -0.2) is 38.4 Å². The minimum Gasteiger partial charge on any atom is -0.313 e. The van der Waals surface area contributed by atoms with Gasteiger partial charge in [-0.15, -0.1) is 0 Å². The smallest absolute Gasteiger partial charge is 0.244 e. The van der Waals surface area contributed by atoms with E-state index in [0.717, 1.165) is 0 Å². The molecule has 2 rings (SSSR count). The predicted octanol–water partition coefficient (Wildman–Crippen LogP) is 0.0444. The molecule has 1 aromatic carbocycles.